The Kier molecular flexibility index (Phi) is 12.4. The maximum absolute atomic E-state index is 12.2. The molecule has 1 aliphatic heterocycles. The molecule has 1 heterocycles. The summed E-state index contributed by atoms with van der Waals surface area (Å²) in [5.74, 6) is 1.98. The Hall–Kier alpha value is -1.21. The average Bonchev–Trinajstić information content (AvgIpc) is 2.62. The van der Waals surface area contributed by atoms with E-state index in [-0.39, 0.29) is 30.7 Å². The predicted molar refractivity (Wildman–Crippen MR) is 109 cm³/mol. The molecule has 0 aliphatic carbocycles. The maximum atomic E-state index is 12.2. The number of ether oxygens (including phenoxy) is 2. The zero-order chi connectivity index (χ0) is 17.4. The van der Waals surface area contributed by atoms with E-state index < -0.39 is 0 Å². The van der Waals surface area contributed by atoms with Gasteiger partial charge in [-0.15, -0.1) is 24.8 Å². The van der Waals surface area contributed by atoms with Crippen molar-refractivity contribution in [3.8, 4) is 11.5 Å². The van der Waals surface area contributed by atoms with Gasteiger partial charge < -0.3 is 19.7 Å². The lowest BCUT2D eigenvalue weighted by Crippen LogP contribution is -2.48. The van der Waals surface area contributed by atoms with Crippen LogP contribution in [0, 0.1) is 0 Å². The number of carbonyl (C=O) groups is 1. The Bertz CT molecular complexity index is 538. The van der Waals surface area contributed by atoms with Gasteiger partial charge in [-0.3, -0.25) is 9.69 Å². The van der Waals surface area contributed by atoms with E-state index in [9.17, 15) is 4.79 Å². The van der Waals surface area contributed by atoms with Crippen molar-refractivity contribution in [3.63, 3.8) is 0 Å². The van der Waals surface area contributed by atoms with Crippen LogP contribution in [0.3, 0.4) is 0 Å². The van der Waals surface area contributed by atoms with Crippen LogP contribution < -0.4 is 14.8 Å². The van der Waals surface area contributed by atoms with Gasteiger partial charge in [0.05, 0.1) is 14.2 Å². The second kappa shape index (κ2) is 13.0. The highest BCUT2D eigenvalue weighted by Gasteiger charge is 2.21. The second-order valence-corrected chi connectivity index (χ2v) is 6.04. The molecule has 0 radical (unpaired) electrons. The number of piperazine rings is 1. The minimum Gasteiger partial charge on any atom is -0.497 e. The van der Waals surface area contributed by atoms with Gasteiger partial charge in [-0.05, 0) is 38.2 Å². The topological polar surface area (TPSA) is 54.0 Å². The van der Waals surface area contributed by atoms with E-state index in [1.807, 2.05) is 30.1 Å². The number of amides is 1. The average molecular weight is 408 g/mol. The van der Waals surface area contributed by atoms with Gasteiger partial charge in [0, 0.05) is 44.7 Å². The van der Waals surface area contributed by atoms with Crippen molar-refractivity contribution in [2.75, 3.05) is 54.0 Å². The quantitative estimate of drug-likeness (QED) is 0.669. The number of carbonyl (C=O) groups excluding carboxylic acids is 1. The van der Waals surface area contributed by atoms with Crippen molar-refractivity contribution in [1.82, 2.24) is 15.1 Å². The molecule has 1 aliphatic rings. The Balaban J connectivity index is 0.00000312. The van der Waals surface area contributed by atoms with Crippen LogP contribution in [0.25, 0.3) is 0 Å². The van der Waals surface area contributed by atoms with Crippen molar-refractivity contribution in [1.29, 1.82) is 0 Å². The van der Waals surface area contributed by atoms with Crippen molar-refractivity contribution in [2.24, 2.45) is 0 Å². The van der Waals surface area contributed by atoms with E-state index in [2.05, 4.69) is 10.2 Å². The van der Waals surface area contributed by atoms with Crippen molar-refractivity contribution in [3.05, 3.63) is 23.8 Å². The molecule has 8 heteroatoms. The summed E-state index contributed by atoms with van der Waals surface area (Å²) in [6, 6.07) is 5.87. The van der Waals surface area contributed by atoms with Gasteiger partial charge in [0.2, 0.25) is 5.91 Å². The fraction of sp³-hybridized carbons (Fsp3) is 0.611. The monoisotopic (exact) mass is 407 g/mol. The third kappa shape index (κ3) is 7.19. The fourth-order valence-corrected chi connectivity index (χ4v) is 2.98. The second-order valence-electron chi connectivity index (χ2n) is 6.04. The number of hydrogen-bond donors (Lipinski definition) is 1. The van der Waals surface area contributed by atoms with Crippen LogP contribution in [0.4, 0.5) is 0 Å². The van der Waals surface area contributed by atoms with Crippen LogP contribution in [0.1, 0.15) is 18.4 Å². The van der Waals surface area contributed by atoms with Crippen molar-refractivity contribution >= 4 is 30.7 Å². The molecule has 1 fully saturated rings. The van der Waals surface area contributed by atoms with Crippen molar-refractivity contribution < 1.29 is 14.3 Å². The molecule has 1 saturated heterocycles. The van der Waals surface area contributed by atoms with E-state index in [1.165, 1.54) is 0 Å². The molecule has 26 heavy (non-hydrogen) atoms. The van der Waals surface area contributed by atoms with Crippen LogP contribution in [0.2, 0.25) is 0 Å². The van der Waals surface area contributed by atoms with Gasteiger partial charge in [-0.2, -0.15) is 0 Å². The molecule has 0 spiro atoms. The summed E-state index contributed by atoms with van der Waals surface area (Å²) in [5, 5.41) is 3.08. The van der Waals surface area contributed by atoms with Gasteiger partial charge >= 0.3 is 0 Å². The van der Waals surface area contributed by atoms with Crippen LogP contribution in [-0.2, 0) is 11.3 Å². The van der Waals surface area contributed by atoms with Gasteiger partial charge in [0.1, 0.15) is 11.5 Å². The molecule has 2 rings (SSSR count). The van der Waals surface area contributed by atoms with Gasteiger partial charge in [0.15, 0.2) is 0 Å². The SMILES string of the molecule is CNCCCC(=O)N1CCN(Cc2cc(OC)ccc2OC)CC1.Cl.Cl. The number of rotatable bonds is 8. The molecular weight excluding hydrogens is 377 g/mol. The number of nitrogens with one attached hydrogen (secondary N) is 1. The fourth-order valence-electron chi connectivity index (χ4n) is 2.98. The first kappa shape index (κ1) is 24.8. The van der Waals surface area contributed by atoms with E-state index in [1.54, 1.807) is 14.2 Å². The summed E-state index contributed by atoms with van der Waals surface area (Å²) in [4.78, 5) is 16.5. The smallest absolute Gasteiger partial charge is 0.222 e. The van der Waals surface area contributed by atoms with E-state index in [0.29, 0.717) is 6.42 Å². The zero-order valence-corrected chi connectivity index (χ0v) is 17.5. The summed E-state index contributed by atoms with van der Waals surface area (Å²) in [6.45, 7) is 5.06. The lowest BCUT2D eigenvalue weighted by atomic mass is 10.1. The van der Waals surface area contributed by atoms with Crippen LogP contribution in [-0.4, -0.2) is 69.7 Å². The molecule has 1 N–H and O–H groups in total. The zero-order valence-electron chi connectivity index (χ0n) is 15.8. The molecule has 1 amide bonds. The molecule has 150 valence electrons. The standard InChI is InChI=1S/C18H29N3O3.2ClH/c1-19-8-4-5-18(22)21-11-9-20(10-12-21)14-15-13-16(23-2)6-7-17(15)24-3;;/h6-7,13,19H,4-5,8-12,14H2,1-3H3;2*1H. The normalized spacial score (nSPS) is 14.2. The van der Waals surface area contributed by atoms with E-state index in [4.69, 9.17) is 9.47 Å². The highest BCUT2D eigenvalue weighted by molar-refractivity contribution is 5.85. The number of benzene rings is 1. The van der Waals surface area contributed by atoms with Gasteiger partial charge in [0.25, 0.3) is 0 Å². The molecular formula is C18H31Cl2N3O3. The van der Waals surface area contributed by atoms with E-state index in [0.717, 1.165) is 62.8 Å². The highest BCUT2D eigenvalue weighted by atomic mass is 35.5. The summed E-state index contributed by atoms with van der Waals surface area (Å²) >= 11 is 0. The first-order chi connectivity index (χ1) is 11.7. The summed E-state index contributed by atoms with van der Waals surface area (Å²) in [5.41, 5.74) is 1.12. The maximum Gasteiger partial charge on any atom is 0.222 e. The minimum atomic E-state index is 0. The lowest BCUT2D eigenvalue weighted by Gasteiger charge is -2.35. The van der Waals surface area contributed by atoms with Gasteiger partial charge in [-0.25, -0.2) is 0 Å². The van der Waals surface area contributed by atoms with E-state index >= 15 is 0 Å². The van der Waals surface area contributed by atoms with Crippen LogP contribution in [0.15, 0.2) is 18.2 Å². The summed E-state index contributed by atoms with van der Waals surface area (Å²) in [6.07, 6.45) is 1.53. The Morgan fingerprint density at radius 3 is 2.38 bits per heavy atom. The first-order valence-corrected chi connectivity index (χ1v) is 8.53. The molecule has 0 atom stereocenters. The minimum absolute atomic E-state index is 0. The van der Waals surface area contributed by atoms with Crippen molar-refractivity contribution in [2.45, 2.75) is 19.4 Å². The molecule has 6 nitrogen and oxygen atoms in total. The number of halogens is 2. The number of nitrogens with zero attached hydrogens (tertiary/aromatic N) is 2. The molecule has 0 unspecified atom stereocenters. The molecule has 1 aromatic rings. The highest BCUT2D eigenvalue weighted by Crippen LogP contribution is 2.25. The molecule has 0 saturated carbocycles. The Morgan fingerprint density at radius 1 is 1.12 bits per heavy atom. The number of hydrogen-bond acceptors (Lipinski definition) is 5. The van der Waals surface area contributed by atoms with Crippen LogP contribution >= 0.6 is 24.8 Å². The Morgan fingerprint density at radius 2 is 1.81 bits per heavy atom. The predicted octanol–water partition coefficient (Wildman–Crippen LogP) is 2.19. The Labute approximate surface area is 169 Å². The molecule has 0 bridgehead atoms. The summed E-state index contributed by atoms with van der Waals surface area (Å²) in [7, 11) is 5.27. The van der Waals surface area contributed by atoms with Crippen LogP contribution in [0.5, 0.6) is 11.5 Å². The third-order valence-electron chi connectivity index (χ3n) is 4.42. The first-order valence-electron chi connectivity index (χ1n) is 8.53. The lowest BCUT2D eigenvalue weighted by molar-refractivity contribution is -0.133. The molecule has 0 aromatic heterocycles. The summed E-state index contributed by atoms with van der Waals surface area (Å²) < 4.78 is 10.8. The van der Waals surface area contributed by atoms with Gasteiger partial charge in [-0.1, -0.05) is 0 Å². The molecule has 1 aromatic carbocycles. The number of methoxy groups -OCH3 is 2. The third-order valence-corrected chi connectivity index (χ3v) is 4.42. The largest absolute Gasteiger partial charge is 0.497 e.